The molecule has 0 aliphatic heterocycles. The molecule has 1 heterocycles. The van der Waals surface area contributed by atoms with Crippen molar-refractivity contribution in [2.75, 3.05) is 6.54 Å². The molecule has 1 aromatic rings. The summed E-state index contributed by atoms with van der Waals surface area (Å²) in [6, 6.07) is 2.87. The molecule has 0 bridgehead atoms. The van der Waals surface area contributed by atoms with E-state index < -0.39 is 18.8 Å². The molecule has 0 saturated carbocycles. The van der Waals surface area contributed by atoms with Gasteiger partial charge in [0.2, 0.25) is 0 Å². The molecule has 0 fully saturated rings. The van der Waals surface area contributed by atoms with Crippen LogP contribution in [-0.2, 0) is 0 Å². The van der Waals surface area contributed by atoms with Crippen molar-refractivity contribution in [3.05, 3.63) is 52.8 Å². The molecular weight excluding hydrogens is 369 g/mol. The Morgan fingerprint density at radius 3 is 2.48 bits per heavy atom. The molecule has 0 aromatic carbocycles. The third kappa shape index (κ3) is 6.11. The number of nitrogens with zero attached hydrogens (tertiary/aromatic N) is 1. The van der Waals surface area contributed by atoms with Crippen LogP contribution in [-0.4, -0.2) is 17.7 Å². The lowest BCUT2D eigenvalue weighted by Gasteiger charge is -2.33. The second-order valence-electron chi connectivity index (χ2n) is 5.93. The molecule has 1 atom stereocenters. The molecule has 23 heavy (non-hydrogen) atoms. The number of rotatable bonds is 7. The summed E-state index contributed by atoms with van der Waals surface area (Å²) in [4.78, 5) is 4.28. The van der Waals surface area contributed by atoms with Crippen molar-refractivity contribution in [2.45, 2.75) is 39.4 Å². The highest BCUT2D eigenvalue weighted by Gasteiger charge is 2.33. The monoisotopic (exact) mass is 390 g/mol. The quantitative estimate of drug-likeness (QED) is 0.614. The molecule has 0 radical (unpaired) electrons. The second kappa shape index (κ2) is 8.11. The Labute approximate surface area is 144 Å². The zero-order valence-corrected chi connectivity index (χ0v) is 15.1. The van der Waals surface area contributed by atoms with Crippen LogP contribution < -0.4 is 5.32 Å². The maximum atomic E-state index is 12.7. The predicted molar refractivity (Wildman–Crippen MR) is 91.1 cm³/mol. The first-order chi connectivity index (χ1) is 10.6. The van der Waals surface area contributed by atoms with Gasteiger partial charge in [-0.15, -0.1) is 0 Å². The molecular formula is C17H22BrF3N2. The minimum absolute atomic E-state index is 0.286. The largest absolute Gasteiger partial charge is 0.401 e. The lowest BCUT2D eigenvalue weighted by atomic mass is 9.76. The van der Waals surface area contributed by atoms with Gasteiger partial charge < -0.3 is 0 Å². The molecule has 1 N–H and O–H groups in total. The van der Waals surface area contributed by atoms with E-state index in [0.29, 0.717) is 5.69 Å². The zero-order chi connectivity index (χ0) is 17.7. The SMILES string of the molecule is C=C/C=C(/[C@H](NCC(F)(F)F)c1ccc(Br)cn1)C(C)(C)CC. The number of aromatic nitrogens is 1. The summed E-state index contributed by atoms with van der Waals surface area (Å²) >= 11 is 3.29. The number of allylic oxidation sites excluding steroid dienone is 2. The molecule has 0 unspecified atom stereocenters. The van der Waals surface area contributed by atoms with Gasteiger partial charge in [-0.3, -0.25) is 10.3 Å². The number of nitrogens with one attached hydrogen (secondary N) is 1. The van der Waals surface area contributed by atoms with Gasteiger partial charge in [0.05, 0.1) is 18.3 Å². The summed E-state index contributed by atoms with van der Waals surface area (Å²) in [7, 11) is 0. The van der Waals surface area contributed by atoms with Crippen LogP contribution in [0.5, 0.6) is 0 Å². The van der Waals surface area contributed by atoms with E-state index in [4.69, 9.17) is 0 Å². The molecule has 128 valence electrons. The van der Waals surface area contributed by atoms with Gasteiger partial charge in [-0.1, -0.05) is 39.5 Å². The number of hydrogen-bond acceptors (Lipinski definition) is 2. The van der Waals surface area contributed by atoms with Gasteiger partial charge in [-0.25, -0.2) is 0 Å². The van der Waals surface area contributed by atoms with Crippen LogP contribution in [0.4, 0.5) is 13.2 Å². The Morgan fingerprint density at radius 2 is 2.04 bits per heavy atom. The Hall–Kier alpha value is -1.14. The summed E-state index contributed by atoms with van der Waals surface area (Å²) in [5.74, 6) is 0. The first-order valence-corrected chi connectivity index (χ1v) is 8.14. The summed E-state index contributed by atoms with van der Waals surface area (Å²) in [6.45, 7) is 8.63. The molecule has 0 saturated heterocycles. The number of pyridine rings is 1. The standard InChI is InChI=1S/C17H22BrF3N2/c1-5-7-13(16(3,4)6-2)15(23-11-17(19,20)21)14-9-8-12(18)10-22-14/h5,7-10,15,23H,1,6,11H2,2-4H3/b13-7-/t15-/m0/s1. The third-order valence-electron chi connectivity index (χ3n) is 3.83. The first kappa shape index (κ1) is 19.9. The van der Waals surface area contributed by atoms with E-state index >= 15 is 0 Å². The lowest BCUT2D eigenvalue weighted by Crippen LogP contribution is -2.36. The Kier molecular flexibility index (Phi) is 7.02. The fourth-order valence-electron chi connectivity index (χ4n) is 2.19. The molecule has 0 amide bonds. The zero-order valence-electron chi connectivity index (χ0n) is 13.5. The van der Waals surface area contributed by atoms with E-state index in [1.165, 1.54) is 0 Å². The maximum absolute atomic E-state index is 12.7. The van der Waals surface area contributed by atoms with Crippen molar-refractivity contribution in [1.29, 1.82) is 0 Å². The predicted octanol–water partition coefficient (Wildman–Crippen LogP) is 5.59. The second-order valence-corrected chi connectivity index (χ2v) is 6.84. The van der Waals surface area contributed by atoms with Crippen molar-refractivity contribution in [3.63, 3.8) is 0 Å². The lowest BCUT2D eigenvalue weighted by molar-refractivity contribution is -0.126. The smallest absolute Gasteiger partial charge is 0.297 e. The van der Waals surface area contributed by atoms with Gasteiger partial charge in [0, 0.05) is 10.7 Å². The number of hydrogen-bond donors (Lipinski definition) is 1. The van der Waals surface area contributed by atoms with E-state index in [9.17, 15) is 13.2 Å². The summed E-state index contributed by atoms with van der Waals surface area (Å²) in [6.07, 6.45) is 1.47. The summed E-state index contributed by atoms with van der Waals surface area (Å²) in [5.41, 5.74) is 1.09. The Bertz CT molecular complexity index is 548. The van der Waals surface area contributed by atoms with Crippen molar-refractivity contribution in [3.8, 4) is 0 Å². The van der Waals surface area contributed by atoms with Crippen LogP contribution in [0.2, 0.25) is 0 Å². The van der Waals surface area contributed by atoms with Gasteiger partial charge in [-0.2, -0.15) is 13.2 Å². The van der Waals surface area contributed by atoms with Crippen LogP contribution in [0.25, 0.3) is 0 Å². The van der Waals surface area contributed by atoms with Gasteiger partial charge in [0.1, 0.15) is 0 Å². The van der Waals surface area contributed by atoms with E-state index in [1.54, 1.807) is 30.5 Å². The van der Waals surface area contributed by atoms with Gasteiger partial charge in [0.15, 0.2) is 0 Å². The molecule has 0 spiro atoms. The van der Waals surface area contributed by atoms with Gasteiger partial charge in [-0.05, 0) is 45.5 Å². The maximum Gasteiger partial charge on any atom is 0.401 e. The molecule has 6 heteroatoms. The van der Waals surface area contributed by atoms with Crippen molar-refractivity contribution < 1.29 is 13.2 Å². The first-order valence-electron chi connectivity index (χ1n) is 7.35. The minimum atomic E-state index is -4.29. The highest BCUT2D eigenvalue weighted by molar-refractivity contribution is 9.10. The van der Waals surface area contributed by atoms with Crippen LogP contribution in [0.1, 0.15) is 38.9 Å². The normalized spacial score (nSPS) is 14.7. The fourth-order valence-corrected chi connectivity index (χ4v) is 2.43. The highest BCUT2D eigenvalue weighted by atomic mass is 79.9. The van der Waals surface area contributed by atoms with Crippen LogP contribution in [0.3, 0.4) is 0 Å². The van der Waals surface area contributed by atoms with E-state index in [2.05, 4.69) is 32.8 Å². The third-order valence-corrected chi connectivity index (χ3v) is 4.30. The molecule has 1 aromatic heterocycles. The fraction of sp³-hybridized carbons (Fsp3) is 0.471. The highest BCUT2D eigenvalue weighted by Crippen LogP contribution is 2.38. The van der Waals surface area contributed by atoms with Crippen LogP contribution in [0.15, 0.2) is 47.1 Å². The molecule has 1 rings (SSSR count). The Morgan fingerprint density at radius 1 is 1.39 bits per heavy atom. The summed E-state index contributed by atoms with van der Waals surface area (Å²) < 4.78 is 38.9. The van der Waals surface area contributed by atoms with E-state index in [0.717, 1.165) is 16.5 Å². The Balaban J connectivity index is 3.27. The molecule has 2 nitrogen and oxygen atoms in total. The number of halogens is 4. The van der Waals surface area contributed by atoms with Crippen molar-refractivity contribution in [2.24, 2.45) is 5.41 Å². The number of alkyl halides is 3. The van der Waals surface area contributed by atoms with Gasteiger partial charge >= 0.3 is 6.18 Å². The average molecular weight is 391 g/mol. The van der Waals surface area contributed by atoms with Gasteiger partial charge in [0.25, 0.3) is 0 Å². The van der Waals surface area contributed by atoms with Crippen LogP contribution in [0, 0.1) is 5.41 Å². The van der Waals surface area contributed by atoms with Crippen LogP contribution >= 0.6 is 15.9 Å². The van der Waals surface area contributed by atoms with E-state index in [-0.39, 0.29) is 5.41 Å². The minimum Gasteiger partial charge on any atom is -0.297 e. The summed E-state index contributed by atoms with van der Waals surface area (Å²) in [5, 5.41) is 2.60. The van der Waals surface area contributed by atoms with E-state index in [1.807, 2.05) is 20.8 Å². The topological polar surface area (TPSA) is 24.9 Å². The van der Waals surface area contributed by atoms with Crippen molar-refractivity contribution >= 4 is 15.9 Å². The molecule has 0 aliphatic carbocycles. The average Bonchev–Trinajstić information content (AvgIpc) is 2.46. The molecule has 0 aliphatic rings. The van der Waals surface area contributed by atoms with Crippen molar-refractivity contribution in [1.82, 2.24) is 10.3 Å².